The molecule has 0 radical (unpaired) electrons. The van der Waals surface area contributed by atoms with Crippen molar-refractivity contribution in [2.45, 2.75) is 31.5 Å². The Labute approximate surface area is 143 Å². The minimum atomic E-state index is -1.58. The molecular formula is C17H19F2NO3S. The van der Waals surface area contributed by atoms with Gasteiger partial charge >= 0.3 is 5.97 Å². The van der Waals surface area contributed by atoms with E-state index in [0.717, 1.165) is 12.8 Å². The van der Waals surface area contributed by atoms with Crippen molar-refractivity contribution in [3.05, 3.63) is 34.5 Å². The number of carbonyl (C=O) groups is 1. The minimum absolute atomic E-state index is 0.00580. The zero-order valence-electron chi connectivity index (χ0n) is 13.3. The van der Waals surface area contributed by atoms with E-state index in [1.54, 1.807) is 12.1 Å². The van der Waals surface area contributed by atoms with E-state index in [1.807, 2.05) is 0 Å². The third kappa shape index (κ3) is 3.67. The second-order valence-electron chi connectivity index (χ2n) is 5.77. The van der Waals surface area contributed by atoms with Crippen molar-refractivity contribution in [2.75, 3.05) is 25.6 Å². The minimum Gasteiger partial charge on any atom is -0.465 e. The lowest BCUT2D eigenvalue weighted by Gasteiger charge is -2.23. The maximum atomic E-state index is 13.5. The van der Waals surface area contributed by atoms with Gasteiger partial charge in [-0.1, -0.05) is 6.08 Å². The Hall–Kier alpha value is -1.73. The fraction of sp³-hybridized carbons (Fsp3) is 0.471. The van der Waals surface area contributed by atoms with Crippen LogP contribution in [-0.2, 0) is 9.47 Å². The van der Waals surface area contributed by atoms with Crippen LogP contribution in [-0.4, -0.2) is 38.5 Å². The van der Waals surface area contributed by atoms with Crippen LogP contribution in [0.15, 0.2) is 24.0 Å². The molecule has 1 N–H and O–H groups in total. The van der Waals surface area contributed by atoms with E-state index < -0.39 is 18.0 Å². The van der Waals surface area contributed by atoms with Crippen LogP contribution in [0.1, 0.15) is 34.5 Å². The average molecular weight is 355 g/mol. The number of hydrogen-bond acceptors (Lipinski definition) is 5. The van der Waals surface area contributed by atoms with Gasteiger partial charge in [-0.25, -0.2) is 13.6 Å². The molecule has 0 amide bonds. The topological polar surface area (TPSA) is 47.6 Å². The van der Waals surface area contributed by atoms with Gasteiger partial charge in [-0.15, -0.1) is 11.3 Å². The fourth-order valence-corrected chi connectivity index (χ4v) is 3.88. The molecule has 0 spiro atoms. The number of esters is 1. The first-order valence-corrected chi connectivity index (χ1v) is 8.68. The van der Waals surface area contributed by atoms with E-state index in [1.165, 1.54) is 24.5 Å². The number of allylic oxidation sites excluding steroid dienone is 4. The number of anilines is 1. The van der Waals surface area contributed by atoms with Crippen LogP contribution in [0.4, 0.5) is 13.8 Å². The number of methoxy groups -OCH3 is 1. The molecule has 1 atom stereocenters. The van der Waals surface area contributed by atoms with E-state index >= 15 is 0 Å². The van der Waals surface area contributed by atoms with E-state index in [4.69, 9.17) is 9.47 Å². The Balaban J connectivity index is 1.87. The number of ether oxygens (including phenoxy) is 2. The van der Waals surface area contributed by atoms with E-state index in [2.05, 4.69) is 5.32 Å². The van der Waals surface area contributed by atoms with Crippen LogP contribution in [0.25, 0.3) is 5.57 Å². The lowest BCUT2D eigenvalue weighted by atomic mass is 10.0. The summed E-state index contributed by atoms with van der Waals surface area (Å²) in [7, 11) is 1.32. The SMILES string of the molecule is COC(=O)c1cc(C2=CCC(F)C(F)=C2)sc1NC1CCOCC1. The molecule has 1 aliphatic heterocycles. The number of halogens is 2. The molecule has 0 aromatic carbocycles. The zero-order valence-corrected chi connectivity index (χ0v) is 14.1. The molecule has 0 bridgehead atoms. The van der Waals surface area contributed by atoms with Gasteiger partial charge in [-0.2, -0.15) is 0 Å². The number of carbonyl (C=O) groups excluding carboxylic acids is 1. The fourth-order valence-electron chi connectivity index (χ4n) is 2.74. The Morgan fingerprint density at radius 1 is 1.42 bits per heavy atom. The van der Waals surface area contributed by atoms with Crippen LogP contribution in [0.2, 0.25) is 0 Å². The molecule has 24 heavy (non-hydrogen) atoms. The van der Waals surface area contributed by atoms with Gasteiger partial charge in [-0.3, -0.25) is 0 Å². The van der Waals surface area contributed by atoms with E-state index in [-0.39, 0.29) is 12.5 Å². The summed E-state index contributed by atoms with van der Waals surface area (Å²) >= 11 is 1.35. The van der Waals surface area contributed by atoms with Gasteiger partial charge in [0.15, 0.2) is 6.17 Å². The second-order valence-corrected chi connectivity index (χ2v) is 6.82. The molecule has 1 aliphatic carbocycles. The summed E-state index contributed by atoms with van der Waals surface area (Å²) in [5, 5.41) is 4.06. The lowest BCUT2D eigenvalue weighted by Crippen LogP contribution is -2.28. The van der Waals surface area contributed by atoms with Gasteiger partial charge in [0.1, 0.15) is 10.8 Å². The smallest absolute Gasteiger partial charge is 0.340 e. The summed E-state index contributed by atoms with van der Waals surface area (Å²) in [6, 6.07) is 1.89. The molecule has 0 saturated carbocycles. The summed E-state index contributed by atoms with van der Waals surface area (Å²) in [6.45, 7) is 1.36. The first kappa shape index (κ1) is 17.1. The maximum absolute atomic E-state index is 13.5. The summed E-state index contributed by atoms with van der Waals surface area (Å²) in [5.74, 6) is -1.23. The Morgan fingerprint density at radius 3 is 2.83 bits per heavy atom. The number of hydrogen-bond donors (Lipinski definition) is 1. The third-order valence-electron chi connectivity index (χ3n) is 4.12. The number of thiophene rings is 1. The van der Waals surface area contributed by atoms with Crippen molar-refractivity contribution < 1.29 is 23.0 Å². The van der Waals surface area contributed by atoms with Crippen molar-refractivity contribution in [1.82, 2.24) is 0 Å². The highest BCUT2D eigenvalue weighted by Gasteiger charge is 2.24. The molecule has 1 fully saturated rings. The highest BCUT2D eigenvalue weighted by Crippen LogP contribution is 2.37. The number of nitrogens with one attached hydrogen (secondary N) is 1. The number of rotatable bonds is 4. The lowest BCUT2D eigenvalue weighted by molar-refractivity contribution is 0.0602. The molecule has 2 aliphatic rings. The van der Waals surface area contributed by atoms with Gasteiger partial charge < -0.3 is 14.8 Å². The van der Waals surface area contributed by atoms with Crippen LogP contribution in [0.3, 0.4) is 0 Å². The predicted molar refractivity (Wildman–Crippen MR) is 89.8 cm³/mol. The van der Waals surface area contributed by atoms with Crippen molar-refractivity contribution in [2.24, 2.45) is 0 Å². The normalized spacial score (nSPS) is 21.9. The zero-order chi connectivity index (χ0) is 17.1. The molecule has 4 nitrogen and oxygen atoms in total. The van der Waals surface area contributed by atoms with Crippen molar-refractivity contribution in [3.8, 4) is 0 Å². The van der Waals surface area contributed by atoms with Crippen LogP contribution >= 0.6 is 11.3 Å². The first-order chi connectivity index (χ1) is 11.6. The third-order valence-corrected chi connectivity index (χ3v) is 5.23. The van der Waals surface area contributed by atoms with Crippen molar-refractivity contribution >= 4 is 27.9 Å². The number of alkyl halides is 1. The largest absolute Gasteiger partial charge is 0.465 e. The summed E-state index contributed by atoms with van der Waals surface area (Å²) in [6.07, 6.45) is 2.99. The highest BCUT2D eigenvalue weighted by molar-refractivity contribution is 7.17. The molecule has 1 unspecified atom stereocenters. The van der Waals surface area contributed by atoms with Crippen LogP contribution in [0, 0.1) is 0 Å². The summed E-state index contributed by atoms with van der Waals surface area (Å²) in [4.78, 5) is 12.8. The Morgan fingerprint density at radius 2 is 2.17 bits per heavy atom. The van der Waals surface area contributed by atoms with Crippen molar-refractivity contribution in [1.29, 1.82) is 0 Å². The van der Waals surface area contributed by atoms with Gasteiger partial charge in [0.25, 0.3) is 0 Å². The maximum Gasteiger partial charge on any atom is 0.340 e. The Kier molecular flexibility index (Phi) is 5.30. The second kappa shape index (κ2) is 7.44. The molecule has 130 valence electrons. The van der Waals surface area contributed by atoms with Gasteiger partial charge in [-0.05, 0) is 30.6 Å². The summed E-state index contributed by atoms with van der Waals surface area (Å²) < 4.78 is 37.0. The molecular weight excluding hydrogens is 336 g/mol. The summed E-state index contributed by atoms with van der Waals surface area (Å²) in [5.41, 5.74) is 1.01. The van der Waals surface area contributed by atoms with E-state index in [9.17, 15) is 13.6 Å². The van der Waals surface area contributed by atoms with Gasteiger partial charge in [0.05, 0.1) is 12.7 Å². The average Bonchev–Trinajstić information content (AvgIpc) is 3.01. The molecule has 2 heterocycles. The van der Waals surface area contributed by atoms with Crippen LogP contribution in [0.5, 0.6) is 0 Å². The molecule has 1 aromatic heterocycles. The molecule has 3 rings (SSSR count). The monoisotopic (exact) mass is 355 g/mol. The van der Waals surface area contributed by atoms with Gasteiger partial charge in [0, 0.05) is 30.6 Å². The van der Waals surface area contributed by atoms with Crippen LogP contribution < -0.4 is 5.32 Å². The highest BCUT2D eigenvalue weighted by atomic mass is 32.1. The quantitative estimate of drug-likeness (QED) is 0.826. The molecule has 1 saturated heterocycles. The van der Waals surface area contributed by atoms with E-state index in [0.29, 0.717) is 34.2 Å². The van der Waals surface area contributed by atoms with Gasteiger partial charge in [0.2, 0.25) is 0 Å². The molecule has 1 aromatic rings. The molecule has 7 heteroatoms. The standard InChI is InChI=1S/C17H19F2NO3S/c1-22-17(21)12-9-15(10-2-3-13(18)14(19)8-10)24-16(12)20-11-4-6-23-7-5-11/h2,8-9,11,13,20H,3-7H2,1H3. The van der Waals surface area contributed by atoms with Crippen molar-refractivity contribution in [3.63, 3.8) is 0 Å². The first-order valence-electron chi connectivity index (χ1n) is 7.86. The Bertz CT molecular complexity index is 677. The predicted octanol–water partition coefficient (Wildman–Crippen LogP) is 4.10.